The minimum absolute atomic E-state index is 0.838. The molecular formula is C13H24IN. The van der Waals surface area contributed by atoms with Gasteiger partial charge in [-0.25, -0.2) is 3.11 Å². The summed E-state index contributed by atoms with van der Waals surface area (Å²) in [5.41, 5.74) is 1.51. The summed E-state index contributed by atoms with van der Waals surface area (Å²) in [5, 5.41) is 0. The van der Waals surface area contributed by atoms with E-state index in [-0.39, 0.29) is 0 Å². The molecule has 0 amide bonds. The molecule has 88 valence electrons. The van der Waals surface area contributed by atoms with E-state index in [9.17, 15) is 0 Å². The fourth-order valence-electron chi connectivity index (χ4n) is 2.33. The van der Waals surface area contributed by atoms with Gasteiger partial charge in [-0.1, -0.05) is 38.3 Å². The molecule has 0 bridgehead atoms. The molecule has 0 saturated heterocycles. The lowest BCUT2D eigenvalue weighted by Gasteiger charge is -2.24. The number of halogens is 1. The molecule has 1 aliphatic carbocycles. The molecule has 0 aromatic carbocycles. The summed E-state index contributed by atoms with van der Waals surface area (Å²) in [6.45, 7) is 8.91. The molecule has 1 fully saturated rings. The van der Waals surface area contributed by atoms with Crippen LogP contribution < -0.4 is 0 Å². The first-order chi connectivity index (χ1) is 7.24. The van der Waals surface area contributed by atoms with Crippen molar-refractivity contribution in [2.24, 2.45) is 5.92 Å². The Morgan fingerprint density at radius 3 is 2.53 bits per heavy atom. The van der Waals surface area contributed by atoms with Crippen LogP contribution in [0.5, 0.6) is 0 Å². The highest BCUT2D eigenvalue weighted by Crippen LogP contribution is 2.30. The van der Waals surface area contributed by atoms with Crippen molar-refractivity contribution in [1.29, 1.82) is 0 Å². The zero-order valence-corrected chi connectivity index (χ0v) is 12.1. The zero-order valence-electron chi connectivity index (χ0n) is 9.97. The Morgan fingerprint density at radius 1 is 1.27 bits per heavy atom. The molecule has 1 saturated carbocycles. The monoisotopic (exact) mass is 321 g/mol. The molecule has 2 heteroatoms. The maximum Gasteiger partial charge on any atom is 0.0201 e. The summed E-state index contributed by atoms with van der Waals surface area (Å²) in [7, 11) is 0. The highest BCUT2D eigenvalue weighted by atomic mass is 127. The molecule has 0 aromatic rings. The average molecular weight is 321 g/mol. The maximum absolute atomic E-state index is 4.28. The van der Waals surface area contributed by atoms with Crippen molar-refractivity contribution < 1.29 is 0 Å². The van der Waals surface area contributed by atoms with Gasteiger partial charge >= 0.3 is 0 Å². The first kappa shape index (κ1) is 13.5. The van der Waals surface area contributed by atoms with Crippen LogP contribution in [-0.4, -0.2) is 16.2 Å². The van der Waals surface area contributed by atoms with E-state index in [0.29, 0.717) is 0 Å². The summed E-state index contributed by atoms with van der Waals surface area (Å²) in [5.74, 6) is 0.838. The molecule has 1 aliphatic rings. The van der Waals surface area contributed by atoms with E-state index in [2.05, 4.69) is 39.5 Å². The molecule has 0 heterocycles. The second-order valence-corrected chi connectivity index (χ2v) is 6.02. The third kappa shape index (κ3) is 5.34. The van der Waals surface area contributed by atoms with Crippen molar-refractivity contribution in [3.05, 3.63) is 12.2 Å². The number of hydrogen-bond acceptors (Lipinski definition) is 1. The summed E-state index contributed by atoms with van der Waals surface area (Å²) < 4.78 is 2.39. The van der Waals surface area contributed by atoms with Crippen LogP contribution >= 0.6 is 22.9 Å². The number of nitrogens with zero attached hydrogens (tertiary/aromatic N) is 1. The molecule has 0 N–H and O–H groups in total. The van der Waals surface area contributed by atoms with Gasteiger partial charge in [-0.2, -0.15) is 0 Å². The Labute approximate surface area is 109 Å². The quantitative estimate of drug-likeness (QED) is 0.393. The van der Waals surface area contributed by atoms with Crippen LogP contribution in [0, 0.1) is 5.92 Å². The van der Waals surface area contributed by atoms with Crippen LogP contribution in [0.3, 0.4) is 0 Å². The predicted molar refractivity (Wildman–Crippen MR) is 76.2 cm³/mol. The Bertz CT molecular complexity index is 185. The van der Waals surface area contributed by atoms with Crippen LogP contribution in [0.25, 0.3) is 0 Å². The van der Waals surface area contributed by atoms with E-state index < -0.39 is 0 Å². The minimum Gasteiger partial charge on any atom is -0.247 e. The van der Waals surface area contributed by atoms with Crippen molar-refractivity contribution in [2.75, 3.05) is 13.1 Å². The Hall–Kier alpha value is 0.430. The molecule has 0 spiro atoms. The van der Waals surface area contributed by atoms with Crippen LogP contribution in [0.2, 0.25) is 0 Å². The molecule has 0 unspecified atom stereocenters. The smallest absolute Gasteiger partial charge is 0.0201 e. The highest BCUT2D eigenvalue weighted by molar-refractivity contribution is 14.1. The Kier molecular flexibility index (Phi) is 6.89. The van der Waals surface area contributed by atoms with Crippen LogP contribution in [0.1, 0.15) is 51.9 Å². The molecule has 0 aliphatic heterocycles. The van der Waals surface area contributed by atoms with E-state index in [1.165, 1.54) is 63.6 Å². The zero-order chi connectivity index (χ0) is 11.1. The van der Waals surface area contributed by atoms with E-state index in [1.54, 1.807) is 0 Å². The lowest BCUT2D eigenvalue weighted by Crippen LogP contribution is -2.17. The van der Waals surface area contributed by atoms with Crippen molar-refractivity contribution in [1.82, 2.24) is 3.11 Å². The second kappa shape index (κ2) is 7.66. The van der Waals surface area contributed by atoms with Crippen LogP contribution in [0.15, 0.2) is 12.2 Å². The molecule has 0 radical (unpaired) electrons. The van der Waals surface area contributed by atoms with Crippen LogP contribution in [-0.2, 0) is 0 Å². The Morgan fingerprint density at radius 2 is 1.93 bits per heavy atom. The fraction of sp³-hybridized carbons (Fsp3) is 0.846. The fourth-order valence-corrected chi connectivity index (χ4v) is 3.06. The standard InChI is InChI=1S/C13H24IN/c1-3-10-15(14)11-9-12(2)13-7-5-4-6-8-13/h13H,2-11H2,1H3. The largest absolute Gasteiger partial charge is 0.247 e. The van der Waals surface area contributed by atoms with Gasteiger partial charge in [0.25, 0.3) is 0 Å². The third-order valence-corrected chi connectivity index (χ3v) is 4.29. The van der Waals surface area contributed by atoms with Gasteiger partial charge in [0.1, 0.15) is 0 Å². The lowest BCUT2D eigenvalue weighted by molar-refractivity contribution is 0.387. The van der Waals surface area contributed by atoms with Gasteiger partial charge in [0.2, 0.25) is 0 Å². The topological polar surface area (TPSA) is 3.24 Å². The van der Waals surface area contributed by atoms with Gasteiger partial charge in [0, 0.05) is 36.0 Å². The van der Waals surface area contributed by atoms with E-state index in [4.69, 9.17) is 0 Å². The van der Waals surface area contributed by atoms with Gasteiger partial charge in [0.15, 0.2) is 0 Å². The first-order valence-corrected chi connectivity index (χ1v) is 7.29. The molecular weight excluding hydrogens is 297 g/mol. The summed E-state index contributed by atoms with van der Waals surface area (Å²) in [6.07, 6.45) is 9.53. The SMILES string of the molecule is C=C(CCN(I)CCC)C1CCCCC1. The Balaban J connectivity index is 2.16. The van der Waals surface area contributed by atoms with Gasteiger partial charge in [-0.3, -0.25) is 0 Å². The molecule has 1 nitrogen and oxygen atoms in total. The summed E-state index contributed by atoms with van der Waals surface area (Å²) >= 11 is 2.44. The normalized spacial score (nSPS) is 18.3. The van der Waals surface area contributed by atoms with Crippen molar-refractivity contribution >= 4 is 22.9 Å². The molecule has 15 heavy (non-hydrogen) atoms. The summed E-state index contributed by atoms with van der Waals surface area (Å²) in [4.78, 5) is 0. The summed E-state index contributed by atoms with van der Waals surface area (Å²) in [6, 6.07) is 0. The first-order valence-electron chi connectivity index (χ1n) is 6.32. The number of hydrogen-bond donors (Lipinski definition) is 0. The van der Waals surface area contributed by atoms with Crippen LogP contribution in [0.4, 0.5) is 0 Å². The second-order valence-electron chi connectivity index (χ2n) is 4.65. The third-order valence-electron chi connectivity index (χ3n) is 3.32. The predicted octanol–water partition coefficient (Wildman–Crippen LogP) is 4.58. The lowest BCUT2D eigenvalue weighted by atomic mass is 9.83. The number of rotatable bonds is 6. The van der Waals surface area contributed by atoms with E-state index in [0.717, 1.165) is 5.92 Å². The van der Waals surface area contributed by atoms with Gasteiger partial charge in [0.05, 0.1) is 0 Å². The van der Waals surface area contributed by atoms with Gasteiger partial charge in [-0.15, -0.1) is 0 Å². The highest BCUT2D eigenvalue weighted by Gasteiger charge is 2.16. The van der Waals surface area contributed by atoms with Crippen molar-refractivity contribution in [2.45, 2.75) is 51.9 Å². The molecule has 1 rings (SSSR count). The molecule has 0 atom stereocenters. The minimum atomic E-state index is 0.838. The van der Waals surface area contributed by atoms with E-state index >= 15 is 0 Å². The van der Waals surface area contributed by atoms with Crippen molar-refractivity contribution in [3.63, 3.8) is 0 Å². The van der Waals surface area contributed by atoms with Gasteiger partial charge in [-0.05, 0) is 31.6 Å². The average Bonchev–Trinajstić information content (AvgIpc) is 2.27. The van der Waals surface area contributed by atoms with Crippen molar-refractivity contribution in [3.8, 4) is 0 Å². The molecule has 0 aromatic heterocycles. The van der Waals surface area contributed by atoms with Gasteiger partial charge < -0.3 is 0 Å². The maximum atomic E-state index is 4.28. The van der Waals surface area contributed by atoms with E-state index in [1.807, 2.05) is 0 Å².